The Morgan fingerprint density at radius 3 is 2.93 bits per heavy atom. The molecular weight excluding hydrogens is 200 g/mol. The van der Waals surface area contributed by atoms with Crippen molar-refractivity contribution in [3.63, 3.8) is 0 Å². The number of nitrogens with zero attached hydrogens (tertiary/aromatic N) is 2. The molecule has 1 N–H and O–H groups in total. The topological polar surface area (TPSA) is 73.6 Å². The van der Waals surface area contributed by atoms with Gasteiger partial charge in [-0.15, -0.1) is 0 Å². The van der Waals surface area contributed by atoms with Gasteiger partial charge in [-0.3, -0.25) is 0 Å². The number of ether oxygens (including phenoxy) is 2. The zero-order valence-corrected chi connectivity index (χ0v) is 8.51. The third-order valence-electron chi connectivity index (χ3n) is 1.58. The Morgan fingerprint density at radius 2 is 2.47 bits per heavy atom. The number of rotatable bonds is 4. The van der Waals surface area contributed by atoms with Gasteiger partial charge in [-0.1, -0.05) is 0 Å². The average Bonchev–Trinajstić information content (AvgIpc) is 2.51. The summed E-state index contributed by atoms with van der Waals surface area (Å²) in [5, 5.41) is 8.44. The van der Waals surface area contributed by atoms with E-state index in [2.05, 4.69) is 9.72 Å². The largest absolute Gasteiger partial charge is 0.513 e. The second-order valence-corrected chi connectivity index (χ2v) is 2.66. The lowest BCUT2D eigenvalue weighted by Crippen LogP contribution is -2.04. The smallest absolute Gasteiger partial charge is 0.465 e. The van der Waals surface area contributed by atoms with Crippen LogP contribution in [0, 0.1) is 0 Å². The first kappa shape index (κ1) is 11.1. The van der Waals surface area contributed by atoms with E-state index in [1.165, 1.54) is 6.08 Å². The maximum absolute atomic E-state index is 10.3. The summed E-state index contributed by atoms with van der Waals surface area (Å²) in [5.74, 6) is 0.471. The summed E-state index contributed by atoms with van der Waals surface area (Å²) >= 11 is 0. The number of hydrogen-bond donors (Lipinski definition) is 1. The summed E-state index contributed by atoms with van der Waals surface area (Å²) in [6, 6.07) is 0. The van der Waals surface area contributed by atoms with Crippen LogP contribution >= 0.6 is 0 Å². The number of carbonyl (C=O) groups is 1. The van der Waals surface area contributed by atoms with Gasteiger partial charge in [0.1, 0.15) is 5.82 Å². The van der Waals surface area contributed by atoms with E-state index in [-0.39, 0.29) is 5.95 Å². The molecule has 15 heavy (non-hydrogen) atoms. The van der Waals surface area contributed by atoms with Crippen LogP contribution in [0.15, 0.2) is 18.3 Å². The third kappa shape index (κ3) is 3.34. The van der Waals surface area contributed by atoms with E-state index >= 15 is 0 Å². The molecule has 1 aromatic rings. The van der Waals surface area contributed by atoms with Crippen molar-refractivity contribution in [2.24, 2.45) is 7.05 Å². The number of imidazole rings is 1. The molecule has 0 aromatic carbocycles. The van der Waals surface area contributed by atoms with E-state index < -0.39 is 6.16 Å². The van der Waals surface area contributed by atoms with Gasteiger partial charge >= 0.3 is 6.16 Å². The van der Waals surface area contributed by atoms with Crippen LogP contribution in [-0.4, -0.2) is 27.4 Å². The van der Waals surface area contributed by atoms with Crippen molar-refractivity contribution >= 4 is 12.2 Å². The SMILES string of the molecule is CCOC(=Cc1nccn1C)OC(=O)O. The predicted octanol–water partition coefficient (Wildman–Crippen LogP) is 1.45. The molecule has 0 bridgehead atoms. The standard InChI is InChI=1S/C9H12N2O4/c1-3-14-8(15-9(12)13)6-7-10-4-5-11(7)2/h4-6H,3H2,1-2H3,(H,12,13). The highest BCUT2D eigenvalue weighted by atomic mass is 16.7. The van der Waals surface area contributed by atoms with Crippen molar-refractivity contribution in [3.8, 4) is 0 Å². The monoisotopic (exact) mass is 212 g/mol. The van der Waals surface area contributed by atoms with Crippen LogP contribution in [0.1, 0.15) is 12.7 Å². The van der Waals surface area contributed by atoms with Crippen LogP contribution in [0.2, 0.25) is 0 Å². The highest BCUT2D eigenvalue weighted by Crippen LogP contribution is 2.07. The van der Waals surface area contributed by atoms with Gasteiger partial charge in [0.15, 0.2) is 0 Å². The number of hydrogen-bond acceptors (Lipinski definition) is 4. The minimum atomic E-state index is -1.41. The second kappa shape index (κ2) is 5.04. The van der Waals surface area contributed by atoms with Crippen LogP contribution in [0.5, 0.6) is 0 Å². The van der Waals surface area contributed by atoms with Crippen LogP contribution in [0.4, 0.5) is 4.79 Å². The molecule has 0 saturated carbocycles. The fraction of sp³-hybridized carbons (Fsp3) is 0.333. The molecule has 0 saturated heterocycles. The van der Waals surface area contributed by atoms with Gasteiger partial charge in [0, 0.05) is 19.4 Å². The van der Waals surface area contributed by atoms with E-state index in [1.54, 1.807) is 30.9 Å². The highest BCUT2D eigenvalue weighted by Gasteiger charge is 2.07. The van der Waals surface area contributed by atoms with Gasteiger partial charge in [-0.05, 0) is 6.92 Å². The minimum Gasteiger partial charge on any atom is -0.465 e. The quantitative estimate of drug-likeness (QED) is 0.604. The Hall–Kier alpha value is -1.98. The fourth-order valence-electron chi connectivity index (χ4n) is 0.951. The first-order chi connectivity index (χ1) is 7.13. The first-order valence-corrected chi connectivity index (χ1v) is 4.36. The molecule has 0 aliphatic rings. The van der Waals surface area contributed by atoms with Gasteiger partial charge in [-0.25, -0.2) is 9.78 Å². The number of carboxylic acid groups (broad SMARTS) is 1. The Morgan fingerprint density at radius 1 is 1.73 bits per heavy atom. The molecule has 1 rings (SSSR count). The highest BCUT2D eigenvalue weighted by molar-refractivity contribution is 5.59. The Balaban J connectivity index is 2.83. The van der Waals surface area contributed by atoms with Crippen molar-refractivity contribution in [1.82, 2.24) is 9.55 Å². The molecule has 0 unspecified atom stereocenters. The molecule has 0 amide bonds. The molecule has 0 aliphatic carbocycles. The van der Waals surface area contributed by atoms with Crippen LogP contribution in [0.3, 0.4) is 0 Å². The van der Waals surface area contributed by atoms with Crippen molar-refractivity contribution in [1.29, 1.82) is 0 Å². The van der Waals surface area contributed by atoms with E-state index in [4.69, 9.17) is 9.84 Å². The summed E-state index contributed by atoms with van der Waals surface area (Å²) in [6.45, 7) is 2.06. The van der Waals surface area contributed by atoms with Crippen LogP contribution in [0.25, 0.3) is 6.08 Å². The van der Waals surface area contributed by atoms with Gasteiger partial charge < -0.3 is 19.1 Å². The molecule has 0 aliphatic heterocycles. The van der Waals surface area contributed by atoms with Crippen molar-refractivity contribution < 1.29 is 19.4 Å². The zero-order chi connectivity index (χ0) is 11.3. The minimum absolute atomic E-state index is 0.0840. The van der Waals surface area contributed by atoms with Gasteiger partial charge in [0.25, 0.3) is 5.95 Å². The lowest BCUT2D eigenvalue weighted by atomic mass is 10.5. The molecule has 1 heterocycles. The lowest BCUT2D eigenvalue weighted by Gasteiger charge is -2.05. The van der Waals surface area contributed by atoms with E-state index in [0.717, 1.165) is 0 Å². The van der Waals surface area contributed by atoms with E-state index in [9.17, 15) is 4.79 Å². The number of aromatic nitrogens is 2. The summed E-state index contributed by atoms with van der Waals surface area (Å²) in [7, 11) is 1.78. The average molecular weight is 212 g/mol. The van der Waals surface area contributed by atoms with Gasteiger partial charge in [-0.2, -0.15) is 0 Å². The zero-order valence-electron chi connectivity index (χ0n) is 8.51. The van der Waals surface area contributed by atoms with Crippen molar-refractivity contribution in [2.75, 3.05) is 6.61 Å². The lowest BCUT2D eigenvalue weighted by molar-refractivity contribution is 0.0463. The fourth-order valence-corrected chi connectivity index (χ4v) is 0.951. The molecule has 82 valence electrons. The number of aryl methyl sites for hydroxylation is 1. The van der Waals surface area contributed by atoms with Crippen LogP contribution in [-0.2, 0) is 16.5 Å². The van der Waals surface area contributed by atoms with Crippen molar-refractivity contribution in [3.05, 3.63) is 24.2 Å². The predicted molar refractivity (Wildman–Crippen MR) is 51.9 cm³/mol. The second-order valence-electron chi connectivity index (χ2n) is 2.66. The summed E-state index contributed by atoms with van der Waals surface area (Å²) in [5.41, 5.74) is 0. The molecule has 0 spiro atoms. The Kier molecular flexibility index (Phi) is 3.73. The maximum Gasteiger partial charge on any atom is 0.513 e. The van der Waals surface area contributed by atoms with Gasteiger partial charge in [0.2, 0.25) is 0 Å². The normalized spacial score (nSPS) is 11.2. The maximum atomic E-state index is 10.3. The van der Waals surface area contributed by atoms with E-state index in [1.807, 2.05) is 0 Å². The summed E-state index contributed by atoms with van der Waals surface area (Å²) in [6.07, 6.45) is 3.33. The van der Waals surface area contributed by atoms with Crippen molar-refractivity contribution in [2.45, 2.75) is 6.92 Å². The first-order valence-electron chi connectivity index (χ1n) is 4.36. The summed E-state index contributed by atoms with van der Waals surface area (Å²) < 4.78 is 11.1. The molecule has 6 nitrogen and oxygen atoms in total. The summed E-state index contributed by atoms with van der Waals surface area (Å²) in [4.78, 5) is 14.3. The molecule has 6 heteroatoms. The molecular formula is C9H12N2O4. The van der Waals surface area contributed by atoms with Crippen LogP contribution < -0.4 is 0 Å². The molecule has 0 fully saturated rings. The Labute approximate surface area is 86.8 Å². The van der Waals surface area contributed by atoms with E-state index in [0.29, 0.717) is 12.4 Å². The molecule has 1 aromatic heterocycles. The Bertz CT molecular complexity index is 370. The third-order valence-corrected chi connectivity index (χ3v) is 1.58. The van der Waals surface area contributed by atoms with Gasteiger partial charge in [0.05, 0.1) is 12.7 Å². The molecule has 0 atom stereocenters. The molecule has 0 radical (unpaired) electrons.